The normalized spacial score (nSPS) is 18.3. The van der Waals surface area contributed by atoms with Crippen LogP contribution in [0.15, 0.2) is 67.0 Å². The van der Waals surface area contributed by atoms with Gasteiger partial charge in [-0.2, -0.15) is 0 Å². The lowest BCUT2D eigenvalue weighted by molar-refractivity contribution is 0.189. The minimum absolute atomic E-state index is 0.169. The molecule has 1 unspecified atom stereocenters. The highest BCUT2D eigenvalue weighted by Crippen LogP contribution is 2.34. The monoisotopic (exact) mass is 374 g/mol. The van der Waals surface area contributed by atoms with Crippen LogP contribution in [0.5, 0.6) is 5.75 Å². The van der Waals surface area contributed by atoms with E-state index in [2.05, 4.69) is 51.8 Å². The Morgan fingerprint density at radius 2 is 1.68 bits per heavy atom. The van der Waals surface area contributed by atoms with E-state index in [9.17, 15) is 0 Å². The van der Waals surface area contributed by atoms with Crippen LogP contribution in [0, 0.1) is 0 Å². The van der Waals surface area contributed by atoms with Gasteiger partial charge in [0.1, 0.15) is 11.4 Å². The van der Waals surface area contributed by atoms with Gasteiger partial charge >= 0.3 is 0 Å². The second kappa shape index (κ2) is 8.50. The number of ether oxygens (including phenoxy) is 1. The molecule has 0 saturated carbocycles. The highest BCUT2D eigenvalue weighted by atomic mass is 16.5. The Balaban J connectivity index is 1.31. The minimum Gasteiger partial charge on any atom is -0.492 e. The third kappa shape index (κ3) is 4.38. The van der Waals surface area contributed by atoms with E-state index in [-0.39, 0.29) is 5.54 Å². The van der Waals surface area contributed by atoms with E-state index in [1.54, 1.807) is 0 Å². The first-order valence-corrected chi connectivity index (χ1v) is 9.75. The lowest BCUT2D eigenvalue weighted by Crippen LogP contribution is -2.43. The number of hydrogen-bond acceptors (Lipinski definition) is 5. The maximum atomic E-state index is 5.74. The van der Waals surface area contributed by atoms with Crippen molar-refractivity contribution >= 4 is 0 Å². The number of aromatic nitrogens is 2. The predicted molar refractivity (Wildman–Crippen MR) is 110 cm³/mol. The molecular formula is C23H26N4O. The number of nitrogens with one attached hydrogen (secondary N) is 2. The molecule has 0 radical (unpaired) electrons. The van der Waals surface area contributed by atoms with Crippen LogP contribution in [0.3, 0.4) is 0 Å². The average Bonchev–Trinajstić information content (AvgIpc) is 2.74. The fourth-order valence-electron chi connectivity index (χ4n) is 3.49. The summed E-state index contributed by atoms with van der Waals surface area (Å²) in [6.45, 7) is 5.32. The zero-order chi connectivity index (χ0) is 19.2. The number of pyridine rings is 2. The van der Waals surface area contributed by atoms with Crippen molar-refractivity contribution in [2.45, 2.75) is 38.5 Å². The van der Waals surface area contributed by atoms with Gasteiger partial charge in [0, 0.05) is 38.4 Å². The van der Waals surface area contributed by atoms with Gasteiger partial charge in [0.05, 0.1) is 17.8 Å². The van der Waals surface area contributed by atoms with Crippen LogP contribution in [0.4, 0.5) is 0 Å². The maximum absolute atomic E-state index is 5.74. The van der Waals surface area contributed by atoms with Crippen LogP contribution in [-0.4, -0.2) is 16.6 Å². The first kappa shape index (κ1) is 18.6. The molecule has 0 spiro atoms. The largest absolute Gasteiger partial charge is 0.492 e. The van der Waals surface area contributed by atoms with Crippen molar-refractivity contribution in [1.82, 2.24) is 20.6 Å². The fraction of sp³-hybridized carbons (Fsp3) is 0.304. The smallest absolute Gasteiger partial charge is 0.142 e. The zero-order valence-electron chi connectivity index (χ0n) is 16.2. The average molecular weight is 374 g/mol. The maximum Gasteiger partial charge on any atom is 0.142 e. The second-order valence-corrected chi connectivity index (χ2v) is 7.38. The van der Waals surface area contributed by atoms with E-state index < -0.39 is 0 Å². The molecule has 2 N–H and O–H groups in total. The molecule has 3 heterocycles. The van der Waals surface area contributed by atoms with Crippen molar-refractivity contribution < 1.29 is 4.74 Å². The molecule has 144 valence electrons. The zero-order valence-corrected chi connectivity index (χ0v) is 16.2. The number of hydrogen-bond donors (Lipinski definition) is 2. The summed E-state index contributed by atoms with van der Waals surface area (Å²) in [5, 5.41) is 7.13. The molecule has 5 nitrogen and oxygen atoms in total. The van der Waals surface area contributed by atoms with Gasteiger partial charge in [-0.3, -0.25) is 9.97 Å². The van der Waals surface area contributed by atoms with Crippen molar-refractivity contribution in [3.8, 4) is 5.75 Å². The molecule has 1 aliphatic rings. The van der Waals surface area contributed by atoms with E-state index in [1.165, 1.54) is 11.1 Å². The summed E-state index contributed by atoms with van der Waals surface area (Å²) in [6, 6.07) is 18.6. The molecule has 0 saturated heterocycles. The molecule has 2 aromatic heterocycles. The van der Waals surface area contributed by atoms with Gasteiger partial charge in [-0.15, -0.1) is 0 Å². The molecule has 5 heteroatoms. The summed E-state index contributed by atoms with van der Waals surface area (Å²) in [7, 11) is 0. The molecule has 3 aromatic rings. The van der Waals surface area contributed by atoms with Gasteiger partial charge in [0.2, 0.25) is 0 Å². The Hall–Kier alpha value is -2.76. The number of benzene rings is 1. The van der Waals surface area contributed by atoms with E-state index in [1.807, 2.05) is 42.7 Å². The molecule has 1 atom stereocenters. The molecule has 4 rings (SSSR count). The number of rotatable bonds is 7. The summed E-state index contributed by atoms with van der Waals surface area (Å²) >= 11 is 0. The molecule has 0 aliphatic carbocycles. The van der Waals surface area contributed by atoms with E-state index in [0.29, 0.717) is 6.61 Å². The molecule has 1 aromatic carbocycles. The molecule has 0 amide bonds. The Labute approximate surface area is 166 Å². The SMILES string of the molecule is CC1(NCc2ccc(CNCc3ccccn3)cc2)CCOc2cccnc21. The molecule has 0 bridgehead atoms. The van der Waals surface area contributed by atoms with Crippen molar-refractivity contribution in [1.29, 1.82) is 0 Å². The van der Waals surface area contributed by atoms with E-state index in [4.69, 9.17) is 4.74 Å². The van der Waals surface area contributed by atoms with Gasteiger partial charge in [-0.25, -0.2) is 0 Å². The quantitative estimate of drug-likeness (QED) is 0.662. The van der Waals surface area contributed by atoms with Gasteiger partial charge in [0.25, 0.3) is 0 Å². The lowest BCUT2D eigenvalue weighted by Gasteiger charge is -2.35. The van der Waals surface area contributed by atoms with Gasteiger partial charge in [0.15, 0.2) is 0 Å². The highest BCUT2D eigenvalue weighted by Gasteiger charge is 2.34. The Bertz CT molecular complexity index is 898. The van der Waals surface area contributed by atoms with Crippen molar-refractivity contribution in [3.63, 3.8) is 0 Å². The topological polar surface area (TPSA) is 59.1 Å². The predicted octanol–water partition coefficient (Wildman–Crippen LogP) is 3.55. The summed E-state index contributed by atoms with van der Waals surface area (Å²) in [5.41, 5.74) is 4.42. The summed E-state index contributed by atoms with van der Waals surface area (Å²) in [5.74, 6) is 0.887. The third-order valence-electron chi connectivity index (χ3n) is 5.22. The van der Waals surface area contributed by atoms with Gasteiger partial charge in [-0.05, 0) is 42.3 Å². The standard InChI is InChI=1S/C23H26N4O/c1-23(11-14-28-21-6-4-13-26-22(21)23)27-16-19-9-7-18(8-10-19)15-24-17-20-5-2-3-12-25-20/h2-10,12-13,24,27H,11,14-17H2,1H3. The summed E-state index contributed by atoms with van der Waals surface area (Å²) < 4.78 is 5.74. The van der Waals surface area contributed by atoms with Crippen LogP contribution >= 0.6 is 0 Å². The Morgan fingerprint density at radius 3 is 2.46 bits per heavy atom. The Kier molecular flexibility index (Phi) is 5.65. The third-order valence-corrected chi connectivity index (χ3v) is 5.22. The van der Waals surface area contributed by atoms with Crippen molar-refractivity contribution in [3.05, 3.63) is 89.5 Å². The highest BCUT2D eigenvalue weighted by molar-refractivity contribution is 5.35. The first-order valence-electron chi connectivity index (χ1n) is 9.75. The van der Waals surface area contributed by atoms with Crippen LogP contribution in [0.25, 0.3) is 0 Å². The molecular weight excluding hydrogens is 348 g/mol. The molecule has 1 aliphatic heterocycles. The molecule has 28 heavy (non-hydrogen) atoms. The van der Waals surface area contributed by atoms with Crippen molar-refractivity contribution in [2.75, 3.05) is 6.61 Å². The van der Waals surface area contributed by atoms with E-state index >= 15 is 0 Å². The Morgan fingerprint density at radius 1 is 0.893 bits per heavy atom. The lowest BCUT2D eigenvalue weighted by atomic mass is 9.90. The molecule has 0 fully saturated rings. The van der Waals surface area contributed by atoms with Crippen LogP contribution < -0.4 is 15.4 Å². The summed E-state index contributed by atoms with van der Waals surface area (Å²) in [6.07, 6.45) is 4.57. The number of nitrogens with zero attached hydrogens (tertiary/aromatic N) is 2. The number of fused-ring (bicyclic) bond motifs is 1. The van der Waals surface area contributed by atoms with Crippen molar-refractivity contribution in [2.24, 2.45) is 0 Å². The van der Waals surface area contributed by atoms with Gasteiger partial charge < -0.3 is 15.4 Å². The van der Waals surface area contributed by atoms with Crippen LogP contribution in [-0.2, 0) is 25.2 Å². The van der Waals surface area contributed by atoms with Gasteiger partial charge in [-0.1, -0.05) is 30.3 Å². The van der Waals surface area contributed by atoms with Crippen LogP contribution in [0.1, 0.15) is 35.9 Å². The van der Waals surface area contributed by atoms with E-state index in [0.717, 1.165) is 43.2 Å². The first-order chi connectivity index (χ1) is 13.7. The summed E-state index contributed by atoms with van der Waals surface area (Å²) in [4.78, 5) is 8.89. The second-order valence-electron chi connectivity index (χ2n) is 7.38. The fourth-order valence-corrected chi connectivity index (χ4v) is 3.49. The van der Waals surface area contributed by atoms with Crippen LogP contribution in [0.2, 0.25) is 0 Å². The minimum atomic E-state index is -0.169.